The molecule has 1 aromatic heterocycles. The van der Waals surface area contributed by atoms with Crippen LogP contribution in [0.5, 0.6) is 0 Å². The first-order chi connectivity index (χ1) is 10.7. The van der Waals surface area contributed by atoms with Crippen molar-refractivity contribution in [1.29, 1.82) is 0 Å². The van der Waals surface area contributed by atoms with Crippen molar-refractivity contribution in [1.82, 2.24) is 0 Å². The van der Waals surface area contributed by atoms with Crippen molar-refractivity contribution in [3.63, 3.8) is 0 Å². The highest BCUT2D eigenvalue weighted by molar-refractivity contribution is 7.12. The van der Waals surface area contributed by atoms with E-state index in [9.17, 15) is 9.59 Å². The second-order valence-corrected chi connectivity index (χ2v) is 6.28. The lowest BCUT2D eigenvalue weighted by molar-refractivity contribution is -0.119. The van der Waals surface area contributed by atoms with Crippen molar-refractivity contribution in [2.75, 3.05) is 16.8 Å². The van der Waals surface area contributed by atoms with Gasteiger partial charge in [-0.05, 0) is 30.0 Å². The number of nitrogens with zero attached hydrogens (tertiary/aromatic N) is 1. The maximum atomic E-state index is 12.7. The lowest BCUT2D eigenvalue weighted by atomic mass is 10.0. The molecule has 2 aromatic rings. The van der Waals surface area contributed by atoms with Crippen molar-refractivity contribution in [2.24, 2.45) is 0 Å². The van der Waals surface area contributed by atoms with E-state index in [1.807, 2.05) is 35.7 Å². The molecule has 3 rings (SSSR count). The van der Waals surface area contributed by atoms with Gasteiger partial charge in [-0.15, -0.1) is 11.3 Å². The van der Waals surface area contributed by atoms with Gasteiger partial charge in [0.25, 0.3) is 0 Å². The molecular formula is C17H18N2O2S. The van der Waals surface area contributed by atoms with E-state index in [0.717, 1.165) is 24.2 Å². The number of carbonyl (C=O) groups is 2. The predicted molar refractivity (Wildman–Crippen MR) is 89.8 cm³/mol. The molecule has 0 radical (unpaired) electrons. The SMILES string of the molecule is CCCC1Nc2ccccc2N(CC(=O)c2cccs2)C1=O. The summed E-state index contributed by atoms with van der Waals surface area (Å²) in [4.78, 5) is 27.4. The van der Waals surface area contributed by atoms with E-state index in [-0.39, 0.29) is 24.3 Å². The number of thiophene rings is 1. The van der Waals surface area contributed by atoms with E-state index in [1.54, 1.807) is 11.0 Å². The molecule has 22 heavy (non-hydrogen) atoms. The number of para-hydroxylation sites is 2. The average molecular weight is 314 g/mol. The van der Waals surface area contributed by atoms with Crippen LogP contribution < -0.4 is 10.2 Å². The van der Waals surface area contributed by atoms with Crippen molar-refractivity contribution in [3.8, 4) is 0 Å². The summed E-state index contributed by atoms with van der Waals surface area (Å²) >= 11 is 1.41. The molecule has 1 aromatic carbocycles. The number of carbonyl (C=O) groups excluding carboxylic acids is 2. The summed E-state index contributed by atoms with van der Waals surface area (Å²) in [6.45, 7) is 2.15. The second kappa shape index (κ2) is 6.32. The zero-order chi connectivity index (χ0) is 15.5. The number of amides is 1. The number of Topliss-reactive ketones (excluding diaryl/α,β-unsaturated/α-hetero) is 1. The fourth-order valence-electron chi connectivity index (χ4n) is 2.69. The van der Waals surface area contributed by atoms with Gasteiger partial charge >= 0.3 is 0 Å². The largest absolute Gasteiger partial charge is 0.372 e. The molecule has 0 fully saturated rings. The van der Waals surface area contributed by atoms with Gasteiger partial charge < -0.3 is 10.2 Å². The Morgan fingerprint density at radius 1 is 1.27 bits per heavy atom. The smallest absolute Gasteiger partial charge is 0.249 e. The van der Waals surface area contributed by atoms with Gasteiger partial charge in [0, 0.05) is 0 Å². The predicted octanol–water partition coefficient (Wildman–Crippen LogP) is 3.56. The Balaban J connectivity index is 1.90. The number of nitrogens with one attached hydrogen (secondary N) is 1. The summed E-state index contributed by atoms with van der Waals surface area (Å²) in [7, 11) is 0. The quantitative estimate of drug-likeness (QED) is 0.859. The minimum atomic E-state index is -0.254. The summed E-state index contributed by atoms with van der Waals surface area (Å²) in [5.74, 6) is -0.0410. The Morgan fingerprint density at radius 2 is 2.09 bits per heavy atom. The van der Waals surface area contributed by atoms with E-state index in [4.69, 9.17) is 0 Å². The number of ketones is 1. The molecule has 1 N–H and O–H groups in total. The molecule has 0 spiro atoms. The fourth-order valence-corrected chi connectivity index (χ4v) is 3.35. The molecule has 114 valence electrons. The number of hydrogen-bond donors (Lipinski definition) is 1. The van der Waals surface area contributed by atoms with Crippen molar-refractivity contribution < 1.29 is 9.59 Å². The van der Waals surface area contributed by atoms with Crippen LogP contribution in [0.25, 0.3) is 0 Å². The molecule has 0 saturated heterocycles. The van der Waals surface area contributed by atoms with Gasteiger partial charge in [0.1, 0.15) is 6.04 Å². The lowest BCUT2D eigenvalue weighted by Crippen LogP contribution is -2.49. The van der Waals surface area contributed by atoms with Gasteiger partial charge in [0.2, 0.25) is 5.91 Å². The molecule has 4 nitrogen and oxygen atoms in total. The van der Waals surface area contributed by atoms with Crippen LogP contribution in [-0.4, -0.2) is 24.3 Å². The van der Waals surface area contributed by atoms with E-state index >= 15 is 0 Å². The first-order valence-electron chi connectivity index (χ1n) is 7.44. The van der Waals surface area contributed by atoms with Crippen LogP contribution in [0.3, 0.4) is 0 Å². The van der Waals surface area contributed by atoms with Gasteiger partial charge in [-0.25, -0.2) is 0 Å². The van der Waals surface area contributed by atoms with Gasteiger partial charge in [-0.2, -0.15) is 0 Å². The standard InChI is InChI=1S/C17H18N2O2S/c1-2-6-13-17(21)19(11-15(20)16-9-5-10-22-16)14-8-4-3-7-12(14)18-13/h3-5,7-10,13,18H,2,6,11H2,1H3. The van der Waals surface area contributed by atoms with Crippen LogP contribution in [0.15, 0.2) is 41.8 Å². The zero-order valence-electron chi connectivity index (χ0n) is 12.4. The van der Waals surface area contributed by atoms with Crippen LogP contribution in [0.2, 0.25) is 0 Å². The number of fused-ring (bicyclic) bond motifs is 1. The van der Waals surface area contributed by atoms with Crippen molar-refractivity contribution in [2.45, 2.75) is 25.8 Å². The second-order valence-electron chi connectivity index (χ2n) is 5.33. The number of rotatable bonds is 5. The van der Waals surface area contributed by atoms with Crippen LogP contribution in [0.1, 0.15) is 29.4 Å². The van der Waals surface area contributed by atoms with E-state index in [0.29, 0.717) is 4.88 Å². The summed E-state index contributed by atoms with van der Waals surface area (Å²) in [6.07, 6.45) is 1.68. The molecule has 2 heterocycles. The molecule has 5 heteroatoms. The minimum Gasteiger partial charge on any atom is -0.372 e. The van der Waals surface area contributed by atoms with E-state index in [1.165, 1.54) is 11.3 Å². The third-order valence-corrected chi connectivity index (χ3v) is 4.67. The monoisotopic (exact) mass is 314 g/mol. The highest BCUT2D eigenvalue weighted by Gasteiger charge is 2.32. The number of hydrogen-bond acceptors (Lipinski definition) is 4. The molecule has 1 atom stereocenters. The molecule has 0 bridgehead atoms. The molecule has 1 amide bonds. The summed E-state index contributed by atoms with van der Waals surface area (Å²) in [6, 6.07) is 11.0. The van der Waals surface area contributed by atoms with E-state index in [2.05, 4.69) is 12.2 Å². The first kappa shape index (κ1) is 14.8. The van der Waals surface area contributed by atoms with Crippen molar-refractivity contribution >= 4 is 34.4 Å². The summed E-state index contributed by atoms with van der Waals surface area (Å²) in [5.41, 5.74) is 1.70. The highest BCUT2D eigenvalue weighted by atomic mass is 32.1. The van der Waals surface area contributed by atoms with Gasteiger partial charge in [-0.3, -0.25) is 9.59 Å². The van der Waals surface area contributed by atoms with Gasteiger partial charge in [0.05, 0.1) is 22.8 Å². The molecule has 0 aliphatic carbocycles. The van der Waals surface area contributed by atoms with Gasteiger partial charge in [0.15, 0.2) is 5.78 Å². The average Bonchev–Trinajstić information content (AvgIpc) is 3.06. The topological polar surface area (TPSA) is 49.4 Å². The maximum absolute atomic E-state index is 12.7. The maximum Gasteiger partial charge on any atom is 0.249 e. The molecular weight excluding hydrogens is 296 g/mol. The Morgan fingerprint density at radius 3 is 2.82 bits per heavy atom. The lowest BCUT2D eigenvalue weighted by Gasteiger charge is -2.34. The van der Waals surface area contributed by atoms with Crippen LogP contribution >= 0.6 is 11.3 Å². The highest BCUT2D eigenvalue weighted by Crippen LogP contribution is 2.32. The number of benzene rings is 1. The summed E-state index contributed by atoms with van der Waals surface area (Å²) in [5, 5.41) is 5.16. The van der Waals surface area contributed by atoms with Crippen molar-refractivity contribution in [3.05, 3.63) is 46.7 Å². The Labute approximate surface area is 133 Å². The first-order valence-corrected chi connectivity index (χ1v) is 8.32. The normalized spacial score (nSPS) is 17.0. The Bertz CT molecular complexity index is 682. The van der Waals surface area contributed by atoms with Crippen LogP contribution in [0, 0.1) is 0 Å². The molecule has 1 unspecified atom stereocenters. The number of anilines is 2. The van der Waals surface area contributed by atoms with E-state index < -0.39 is 0 Å². The fraction of sp³-hybridized carbons (Fsp3) is 0.294. The Hall–Kier alpha value is -2.14. The Kier molecular flexibility index (Phi) is 4.24. The third-order valence-electron chi connectivity index (χ3n) is 3.76. The molecule has 1 aliphatic rings. The third kappa shape index (κ3) is 2.76. The zero-order valence-corrected chi connectivity index (χ0v) is 13.2. The molecule has 1 aliphatic heterocycles. The summed E-state index contributed by atoms with van der Waals surface area (Å²) < 4.78 is 0. The van der Waals surface area contributed by atoms with Crippen LogP contribution in [0.4, 0.5) is 11.4 Å². The minimum absolute atomic E-state index is 0.0182. The van der Waals surface area contributed by atoms with Gasteiger partial charge in [-0.1, -0.05) is 31.5 Å². The molecule has 0 saturated carbocycles. The van der Waals surface area contributed by atoms with Crippen LogP contribution in [-0.2, 0) is 4.79 Å².